The fraction of sp³-hybridized carbons (Fsp3) is 0.125. The molecule has 0 saturated heterocycles. The first kappa shape index (κ1) is 11.2. The summed E-state index contributed by atoms with van der Waals surface area (Å²) in [5.74, 6) is 0. The third-order valence-electron chi connectivity index (χ3n) is 1.52. The van der Waals surface area contributed by atoms with Crippen molar-refractivity contribution in [3.63, 3.8) is 0 Å². The number of benzene rings is 1. The lowest BCUT2D eigenvalue weighted by molar-refractivity contribution is 0.215. The van der Waals surface area contributed by atoms with E-state index in [4.69, 9.17) is 28.4 Å². The molecule has 0 fully saturated rings. The first-order chi connectivity index (χ1) is 6.56. The summed E-state index contributed by atoms with van der Waals surface area (Å²) in [5, 5.41) is 11.2. The Labute approximate surface area is 88.7 Å². The van der Waals surface area contributed by atoms with Crippen LogP contribution >= 0.6 is 23.2 Å². The predicted molar refractivity (Wildman–Crippen MR) is 50.8 cm³/mol. The van der Waals surface area contributed by atoms with Crippen LogP contribution in [-0.2, 0) is 0 Å². The lowest BCUT2D eigenvalue weighted by Crippen LogP contribution is -2.12. The molecular weight excluding hydrogens is 235 g/mol. The summed E-state index contributed by atoms with van der Waals surface area (Å²) in [6.45, 7) is 0. The molecule has 0 amide bonds. The molecule has 0 aliphatic heterocycles. The van der Waals surface area contributed by atoms with Gasteiger partial charge in [0, 0.05) is 10.6 Å². The van der Waals surface area contributed by atoms with E-state index < -0.39 is 12.1 Å². The summed E-state index contributed by atoms with van der Waals surface area (Å²) in [5.41, 5.74) is -0.805. The van der Waals surface area contributed by atoms with Crippen LogP contribution in [0.25, 0.3) is 0 Å². The van der Waals surface area contributed by atoms with E-state index in [0.717, 1.165) is 0 Å². The Kier molecular flexibility index (Phi) is 3.66. The van der Waals surface area contributed by atoms with E-state index in [9.17, 15) is 8.78 Å². The Morgan fingerprint density at radius 2 is 2.00 bits per heavy atom. The zero-order valence-corrected chi connectivity index (χ0v) is 8.23. The molecule has 0 saturated carbocycles. The maximum atomic E-state index is 12.3. The molecule has 0 aromatic heterocycles. The average Bonchev–Trinajstić information content (AvgIpc) is 2.09. The standard InChI is InChI=1S/C8H5Cl2F2NO/c9-4-1-2-5(6(10)3-4)7(13-14)8(11)12/h1-3,8,14H. The van der Waals surface area contributed by atoms with Crippen LogP contribution in [0.5, 0.6) is 0 Å². The molecule has 0 bridgehead atoms. The molecule has 2 nitrogen and oxygen atoms in total. The molecule has 0 heterocycles. The number of rotatable bonds is 2. The Morgan fingerprint density at radius 3 is 2.43 bits per heavy atom. The van der Waals surface area contributed by atoms with Crippen LogP contribution in [0.2, 0.25) is 10.0 Å². The minimum Gasteiger partial charge on any atom is -0.410 e. The summed E-state index contributed by atoms with van der Waals surface area (Å²) in [6, 6.07) is 3.95. The van der Waals surface area contributed by atoms with E-state index >= 15 is 0 Å². The highest BCUT2D eigenvalue weighted by Gasteiger charge is 2.19. The smallest absolute Gasteiger partial charge is 0.284 e. The highest BCUT2D eigenvalue weighted by Crippen LogP contribution is 2.23. The molecular formula is C8H5Cl2F2NO. The molecule has 0 spiro atoms. The van der Waals surface area contributed by atoms with Gasteiger partial charge in [0.25, 0.3) is 6.43 Å². The molecule has 0 aliphatic rings. The Balaban J connectivity index is 3.19. The van der Waals surface area contributed by atoms with Crippen molar-refractivity contribution in [3.8, 4) is 0 Å². The van der Waals surface area contributed by atoms with Crippen LogP contribution in [0.15, 0.2) is 23.4 Å². The van der Waals surface area contributed by atoms with Crippen LogP contribution in [0.1, 0.15) is 5.56 Å². The number of hydrogen-bond acceptors (Lipinski definition) is 2. The van der Waals surface area contributed by atoms with Crippen LogP contribution in [0, 0.1) is 0 Å². The second kappa shape index (κ2) is 4.57. The lowest BCUT2D eigenvalue weighted by Gasteiger charge is -2.05. The van der Waals surface area contributed by atoms with Crippen LogP contribution in [-0.4, -0.2) is 17.3 Å². The number of nitrogens with zero attached hydrogens (tertiary/aromatic N) is 1. The molecule has 0 aliphatic carbocycles. The third kappa shape index (κ3) is 2.33. The second-order valence-corrected chi connectivity index (χ2v) is 3.25. The quantitative estimate of drug-likeness (QED) is 0.479. The van der Waals surface area contributed by atoms with E-state index in [-0.39, 0.29) is 10.6 Å². The van der Waals surface area contributed by atoms with Gasteiger partial charge in [-0.2, -0.15) is 0 Å². The van der Waals surface area contributed by atoms with Crippen molar-refractivity contribution in [2.75, 3.05) is 0 Å². The third-order valence-corrected chi connectivity index (χ3v) is 2.07. The van der Waals surface area contributed by atoms with Crippen molar-refractivity contribution in [2.24, 2.45) is 5.16 Å². The zero-order valence-electron chi connectivity index (χ0n) is 6.72. The summed E-state index contributed by atoms with van der Waals surface area (Å²) in [6.07, 6.45) is -2.89. The Bertz CT molecular complexity index is 368. The van der Waals surface area contributed by atoms with Gasteiger partial charge >= 0.3 is 0 Å². The molecule has 1 N–H and O–H groups in total. The van der Waals surface area contributed by atoms with Gasteiger partial charge in [-0.25, -0.2) is 8.78 Å². The highest BCUT2D eigenvalue weighted by atomic mass is 35.5. The van der Waals surface area contributed by atoms with Gasteiger partial charge in [0.05, 0.1) is 5.02 Å². The monoisotopic (exact) mass is 239 g/mol. The molecule has 1 aromatic rings. The van der Waals surface area contributed by atoms with Crippen molar-refractivity contribution in [2.45, 2.75) is 6.43 Å². The first-order valence-corrected chi connectivity index (χ1v) is 4.27. The largest absolute Gasteiger partial charge is 0.410 e. The molecule has 0 radical (unpaired) electrons. The number of alkyl halides is 2. The van der Waals surface area contributed by atoms with Crippen molar-refractivity contribution < 1.29 is 14.0 Å². The first-order valence-electron chi connectivity index (χ1n) is 3.51. The fourth-order valence-electron chi connectivity index (χ4n) is 0.912. The average molecular weight is 240 g/mol. The molecule has 14 heavy (non-hydrogen) atoms. The molecule has 6 heteroatoms. The Morgan fingerprint density at radius 1 is 1.36 bits per heavy atom. The predicted octanol–water partition coefficient (Wildman–Crippen LogP) is 3.44. The van der Waals surface area contributed by atoms with Crippen LogP contribution in [0.4, 0.5) is 8.78 Å². The fourth-order valence-corrected chi connectivity index (χ4v) is 1.42. The minimum atomic E-state index is -2.89. The van der Waals surface area contributed by atoms with Crippen LogP contribution < -0.4 is 0 Å². The molecule has 1 aromatic carbocycles. The van der Waals surface area contributed by atoms with E-state index in [0.29, 0.717) is 5.02 Å². The van der Waals surface area contributed by atoms with Gasteiger partial charge in [0.1, 0.15) is 0 Å². The molecule has 0 unspecified atom stereocenters. The number of oxime groups is 1. The summed E-state index contributed by atoms with van der Waals surface area (Å²) in [7, 11) is 0. The maximum absolute atomic E-state index is 12.3. The van der Waals surface area contributed by atoms with Crippen molar-refractivity contribution in [3.05, 3.63) is 33.8 Å². The van der Waals surface area contributed by atoms with E-state index in [2.05, 4.69) is 5.16 Å². The zero-order chi connectivity index (χ0) is 10.7. The van der Waals surface area contributed by atoms with Crippen LogP contribution in [0.3, 0.4) is 0 Å². The summed E-state index contributed by atoms with van der Waals surface area (Å²) < 4.78 is 24.6. The normalized spacial score (nSPS) is 12.2. The lowest BCUT2D eigenvalue weighted by atomic mass is 10.1. The van der Waals surface area contributed by atoms with Crippen molar-refractivity contribution >= 4 is 28.9 Å². The number of hydrogen-bond donors (Lipinski definition) is 1. The van der Waals surface area contributed by atoms with Gasteiger partial charge in [-0.15, -0.1) is 0 Å². The van der Waals surface area contributed by atoms with E-state index in [1.165, 1.54) is 18.2 Å². The highest BCUT2D eigenvalue weighted by molar-refractivity contribution is 6.37. The topological polar surface area (TPSA) is 32.6 Å². The SMILES string of the molecule is ON=C(c1ccc(Cl)cc1Cl)C(F)F. The van der Waals surface area contributed by atoms with Gasteiger partial charge in [-0.1, -0.05) is 28.4 Å². The van der Waals surface area contributed by atoms with E-state index in [1.54, 1.807) is 0 Å². The molecule has 0 atom stereocenters. The van der Waals surface area contributed by atoms with Gasteiger partial charge in [-0.3, -0.25) is 0 Å². The number of halogens is 4. The molecule has 1 rings (SSSR count). The minimum absolute atomic E-state index is 0.0191. The molecule has 76 valence electrons. The second-order valence-electron chi connectivity index (χ2n) is 2.41. The summed E-state index contributed by atoms with van der Waals surface area (Å²) >= 11 is 11.2. The van der Waals surface area contributed by atoms with Gasteiger partial charge in [0.2, 0.25) is 0 Å². The summed E-state index contributed by atoms with van der Waals surface area (Å²) in [4.78, 5) is 0. The maximum Gasteiger partial charge on any atom is 0.284 e. The van der Waals surface area contributed by atoms with Gasteiger partial charge in [-0.05, 0) is 18.2 Å². The van der Waals surface area contributed by atoms with Gasteiger partial charge in [0.15, 0.2) is 5.71 Å². The Hall–Kier alpha value is -0.870. The van der Waals surface area contributed by atoms with E-state index in [1.807, 2.05) is 0 Å². The van der Waals surface area contributed by atoms with Gasteiger partial charge < -0.3 is 5.21 Å². The van der Waals surface area contributed by atoms with Crippen molar-refractivity contribution in [1.82, 2.24) is 0 Å². The van der Waals surface area contributed by atoms with Crippen molar-refractivity contribution in [1.29, 1.82) is 0 Å².